The molecule has 0 atom stereocenters. The predicted octanol–water partition coefficient (Wildman–Crippen LogP) is 2.59. The number of non-ortho nitro benzene ring substituents is 1. The molecule has 0 aliphatic carbocycles. The van der Waals surface area contributed by atoms with E-state index in [-0.39, 0.29) is 16.9 Å². The molecule has 0 saturated carbocycles. The fourth-order valence-corrected chi connectivity index (χ4v) is 1.55. The first-order chi connectivity index (χ1) is 9.36. The molecule has 1 aromatic carbocycles. The van der Waals surface area contributed by atoms with Gasteiger partial charge in [-0.2, -0.15) is 0 Å². The van der Waals surface area contributed by atoms with Gasteiger partial charge in [-0.15, -0.1) is 0 Å². The average molecular weight is 278 g/mol. The van der Waals surface area contributed by atoms with E-state index in [2.05, 4.69) is 5.32 Å². The Balaban J connectivity index is 3.13. The van der Waals surface area contributed by atoms with Crippen molar-refractivity contribution in [3.63, 3.8) is 0 Å². The molecule has 0 saturated heterocycles. The Hall–Kier alpha value is -2.70. The van der Waals surface area contributed by atoms with Crippen LogP contribution in [0.2, 0.25) is 0 Å². The normalized spacial score (nSPS) is 11.0. The molecule has 0 radical (unpaired) electrons. The van der Waals surface area contributed by atoms with E-state index < -0.39 is 16.8 Å². The van der Waals surface area contributed by atoms with Crippen LogP contribution in [0.5, 0.6) is 0 Å². The van der Waals surface area contributed by atoms with E-state index in [1.54, 1.807) is 13.0 Å². The molecule has 2 N–H and O–H groups in total. The van der Waals surface area contributed by atoms with Crippen LogP contribution in [0.15, 0.2) is 29.8 Å². The molecule has 7 nitrogen and oxygen atoms in total. The van der Waals surface area contributed by atoms with Crippen LogP contribution in [-0.2, 0) is 4.79 Å². The third kappa shape index (κ3) is 3.64. The van der Waals surface area contributed by atoms with Gasteiger partial charge in [0.05, 0.1) is 16.2 Å². The Morgan fingerprint density at radius 1 is 1.45 bits per heavy atom. The number of nitro benzene ring substituents is 1. The summed E-state index contributed by atoms with van der Waals surface area (Å²) < 4.78 is 0. The zero-order valence-corrected chi connectivity index (χ0v) is 11.0. The fourth-order valence-electron chi connectivity index (χ4n) is 1.55. The minimum absolute atomic E-state index is 0.0250. The molecule has 7 heteroatoms. The van der Waals surface area contributed by atoms with Crippen molar-refractivity contribution in [3.05, 3.63) is 45.5 Å². The largest absolute Gasteiger partial charge is 0.478 e. The molecule has 0 heterocycles. The highest BCUT2D eigenvalue weighted by atomic mass is 16.6. The molecule has 0 fully saturated rings. The van der Waals surface area contributed by atoms with Crippen LogP contribution in [-0.4, -0.2) is 21.9 Å². The summed E-state index contributed by atoms with van der Waals surface area (Å²) in [4.78, 5) is 32.8. The minimum Gasteiger partial charge on any atom is -0.478 e. The maximum Gasteiger partial charge on any atom is 0.338 e. The summed E-state index contributed by atoms with van der Waals surface area (Å²) in [7, 11) is 0. The van der Waals surface area contributed by atoms with E-state index in [1.165, 1.54) is 6.07 Å². The number of nitrogens with zero attached hydrogens (tertiary/aromatic N) is 1. The van der Waals surface area contributed by atoms with Crippen molar-refractivity contribution in [2.75, 3.05) is 5.32 Å². The maximum atomic E-state index is 11.8. The van der Waals surface area contributed by atoms with Gasteiger partial charge in [-0.25, -0.2) is 4.79 Å². The number of carboxylic acids is 1. The van der Waals surface area contributed by atoms with Crippen LogP contribution < -0.4 is 5.32 Å². The number of nitrogens with one attached hydrogen (secondary N) is 1. The summed E-state index contributed by atoms with van der Waals surface area (Å²) in [6, 6.07) is 3.26. The molecular weight excluding hydrogens is 264 g/mol. The van der Waals surface area contributed by atoms with Crippen LogP contribution >= 0.6 is 0 Å². The maximum absolute atomic E-state index is 11.8. The topological polar surface area (TPSA) is 110 Å². The molecule has 0 bridgehead atoms. The molecule has 1 rings (SSSR count). The highest BCUT2D eigenvalue weighted by Gasteiger charge is 2.17. The SMILES string of the molecule is CCC=C(C)C(=O)Nc1ccc([N+](=O)[O-])cc1C(=O)O. The first-order valence-electron chi connectivity index (χ1n) is 5.86. The molecule has 0 spiro atoms. The van der Waals surface area contributed by atoms with Crippen LogP contribution in [0.3, 0.4) is 0 Å². The number of anilines is 1. The van der Waals surface area contributed by atoms with Crippen molar-refractivity contribution in [1.82, 2.24) is 0 Å². The van der Waals surface area contributed by atoms with Gasteiger partial charge >= 0.3 is 5.97 Å². The van der Waals surface area contributed by atoms with Gasteiger partial charge in [-0.05, 0) is 19.4 Å². The number of amides is 1. The zero-order valence-electron chi connectivity index (χ0n) is 11.0. The summed E-state index contributed by atoms with van der Waals surface area (Å²) in [5.74, 6) is -1.79. The Morgan fingerprint density at radius 3 is 2.60 bits per heavy atom. The predicted molar refractivity (Wildman–Crippen MR) is 72.7 cm³/mol. The molecular formula is C13H14N2O5. The molecule has 0 aromatic heterocycles. The lowest BCUT2D eigenvalue weighted by atomic mass is 10.1. The number of carboxylic acid groups (broad SMARTS) is 1. The Bertz CT molecular complexity index is 592. The second-order valence-corrected chi connectivity index (χ2v) is 4.04. The van der Waals surface area contributed by atoms with Crippen molar-refractivity contribution in [2.24, 2.45) is 0 Å². The molecule has 1 amide bonds. The Labute approximate surface area is 115 Å². The van der Waals surface area contributed by atoms with Gasteiger partial charge in [0.2, 0.25) is 0 Å². The lowest BCUT2D eigenvalue weighted by Gasteiger charge is -2.08. The summed E-state index contributed by atoms with van der Waals surface area (Å²) in [6.07, 6.45) is 2.37. The summed E-state index contributed by atoms with van der Waals surface area (Å²) in [5.41, 5.74) is -0.197. The third-order valence-corrected chi connectivity index (χ3v) is 2.56. The number of carbonyl (C=O) groups is 2. The highest BCUT2D eigenvalue weighted by molar-refractivity contribution is 6.07. The van der Waals surface area contributed by atoms with Crippen LogP contribution in [0, 0.1) is 10.1 Å². The van der Waals surface area contributed by atoms with Crippen molar-refractivity contribution in [2.45, 2.75) is 20.3 Å². The standard InChI is InChI=1S/C13H14N2O5/c1-3-4-8(2)12(16)14-11-6-5-9(15(19)20)7-10(11)13(17)18/h4-7H,3H2,1-2H3,(H,14,16)(H,17,18). The van der Waals surface area contributed by atoms with Gasteiger partial charge in [0.1, 0.15) is 0 Å². The van der Waals surface area contributed by atoms with Gasteiger partial charge in [0.15, 0.2) is 0 Å². The quantitative estimate of drug-likeness (QED) is 0.488. The van der Waals surface area contributed by atoms with Gasteiger partial charge < -0.3 is 10.4 Å². The monoisotopic (exact) mass is 278 g/mol. The minimum atomic E-state index is -1.35. The van der Waals surface area contributed by atoms with Crippen molar-refractivity contribution < 1.29 is 19.6 Å². The number of carbonyl (C=O) groups excluding carboxylic acids is 1. The number of benzene rings is 1. The fraction of sp³-hybridized carbons (Fsp3) is 0.231. The van der Waals surface area contributed by atoms with E-state index in [0.717, 1.165) is 12.1 Å². The summed E-state index contributed by atoms with van der Waals surface area (Å²) >= 11 is 0. The Kier molecular flexibility index (Phi) is 4.96. The highest BCUT2D eigenvalue weighted by Crippen LogP contribution is 2.22. The number of nitro groups is 1. The van der Waals surface area contributed by atoms with Crippen molar-refractivity contribution in [1.29, 1.82) is 0 Å². The molecule has 20 heavy (non-hydrogen) atoms. The van der Waals surface area contributed by atoms with E-state index >= 15 is 0 Å². The van der Waals surface area contributed by atoms with E-state index in [0.29, 0.717) is 12.0 Å². The number of hydrogen-bond donors (Lipinski definition) is 2. The zero-order chi connectivity index (χ0) is 15.3. The molecule has 106 valence electrons. The molecule has 1 aromatic rings. The third-order valence-electron chi connectivity index (χ3n) is 2.56. The summed E-state index contributed by atoms with van der Waals surface area (Å²) in [6.45, 7) is 3.47. The summed E-state index contributed by atoms with van der Waals surface area (Å²) in [5, 5.41) is 22.1. The second-order valence-electron chi connectivity index (χ2n) is 4.04. The van der Waals surface area contributed by atoms with Crippen LogP contribution in [0.1, 0.15) is 30.6 Å². The second kappa shape index (κ2) is 6.46. The average Bonchev–Trinajstić information content (AvgIpc) is 2.38. The van der Waals surface area contributed by atoms with Crippen molar-refractivity contribution >= 4 is 23.3 Å². The van der Waals surface area contributed by atoms with E-state index in [4.69, 9.17) is 5.11 Å². The number of aromatic carboxylic acids is 1. The van der Waals surface area contributed by atoms with Crippen LogP contribution in [0.4, 0.5) is 11.4 Å². The molecule has 0 aliphatic rings. The number of hydrogen-bond acceptors (Lipinski definition) is 4. The Morgan fingerprint density at radius 2 is 2.10 bits per heavy atom. The van der Waals surface area contributed by atoms with E-state index in [9.17, 15) is 19.7 Å². The van der Waals surface area contributed by atoms with Gasteiger partial charge in [0.25, 0.3) is 11.6 Å². The van der Waals surface area contributed by atoms with E-state index in [1.807, 2.05) is 6.92 Å². The number of rotatable bonds is 5. The van der Waals surface area contributed by atoms with Crippen molar-refractivity contribution in [3.8, 4) is 0 Å². The van der Waals surface area contributed by atoms with Crippen LogP contribution in [0.25, 0.3) is 0 Å². The lowest BCUT2D eigenvalue weighted by molar-refractivity contribution is -0.384. The first-order valence-corrected chi connectivity index (χ1v) is 5.86. The molecule has 0 aliphatic heterocycles. The van der Waals surface area contributed by atoms with Gasteiger partial charge in [0, 0.05) is 17.7 Å². The van der Waals surface area contributed by atoms with Gasteiger partial charge in [-0.3, -0.25) is 14.9 Å². The number of allylic oxidation sites excluding steroid dienone is 1. The molecule has 0 unspecified atom stereocenters. The smallest absolute Gasteiger partial charge is 0.338 e. The van der Waals surface area contributed by atoms with Gasteiger partial charge in [-0.1, -0.05) is 13.0 Å². The lowest BCUT2D eigenvalue weighted by Crippen LogP contribution is -2.15. The first kappa shape index (κ1) is 15.4.